The lowest BCUT2D eigenvalue weighted by Gasteiger charge is -2.19. The molecule has 0 saturated heterocycles. The quantitative estimate of drug-likeness (QED) is 0.829. The third-order valence-corrected chi connectivity index (χ3v) is 4.15. The van der Waals surface area contributed by atoms with Gasteiger partial charge in [0, 0.05) is 4.47 Å². The maximum atomic E-state index is 11.2. The maximum absolute atomic E-state index is 11.2. The monoisotopic (exact) mass is 332 g/mol. The molecule has 3 heteroatoms. The molecule has 2 aromatic rings. The van der Waals surface area contributed by atoms with Gasteiger partial charge in [0.15, 0.2) is 0 Å². The van der Waals surface area contributed by atoms with Crippen molar-refractivity contribution in [1.82, 2.24) is 0 Å². The van der Waals surface area contributed by atoms with E-state index < -0.39 is 5.97 Å². The molecule has 0 heterocycles. The molecule has 0 aliphatic heterocycles. The van der Waals surface area contributed by atoms with E-state index in [0.717, 1.165) is 11.1 Å². The Kier molecular flexibility index (Phi) is 4.00. The first-order valence-electron chi connectivity index (χ1n) is 6.43. The summed E-state index contributed by atoms with van der Waals surface area (Å²) in [6.07, 6.45) is 0. The summed E-state index contributed by atoms with van der Waals surface area (Å²) in [7, 11) is 0. The van der Waals surface area contributed by atoms with Gasteiger partial charge >= 0.3 is 5.97 Å². The zero-order valence-corrected chi connectivity index (χ0v) is 13.4. The summed E-state index contributed by atoms with van der Waals surface area (Å²) in [5, 5.41) is 9.16. The van der Waals surface area contributed by atoms with Crippen LogP contribution < -0.4 is 0 Å². The first-order valence-corrected chi connectivity index (χ1v) is 7.23. The molecule has 0 unspecified atom stereocenters. The van der Waals surface area contributed by atoms with Crippen molar-refractivity contribution in [1.29, 1.82) is 0 Å². The van der Waals surface area contributed by atoms with Crippen molar-refractivity contribution in [3.8, 4) is 11.1 Å². The zero-order chi connectivity index (χ0) is 14.9. The molecule has 0 bridgehead atoms. The minimum atomic E-state index is -0.926. The van der Waals surface area contributed by atoms with Crippen LogP contribution in [0.15, 0.2) is 46.9 Å². The molecule has 2 aromatic carbocycles. The van der Waals surface area contributed by atoms with Crippen LogP contribution in [0.1, 0.15) is 36.7 Å². The summed E-state index contributed by atoms with van der Waals surface area (Å²) in [4.78, 5) is 11.2. The van der Waals surface area contributed by atoms with Crippen LogP contribution in [0.3, 0.4) is 0 Å². The van der Waals surface area contributed by atoms with Gasteiger partial charge in [0.1, 0.15) is 0 Å². The van der Waals surface area contributed by atoms with Gasteiger partial charge in [-0.3, -0.25) is 0 Å². The zero-order valence-electron chi connectivity index (χ0n) is 11.8. The van der Waals surface area contributed by atoms with E-state index in [1.54, 1.807) is 12.1 Å². The molecule has 0 fully saturated rings. The van der Waals surface area contributed by atoms with Crippen LogP contribution in [0.2, 0.25) is 0 Å². The molecule has 20 heavy (non-hydrogen) atoms. The van der Waals surface area contributed by atoms with E-state index in [1.165, 1.54) is 5.56 Å². The Morgan fingerprint density at radius 2 is 1.65 bits per heavy atom. The van der Waals surface area contributed by atoms with Crippen LogP contribution in [0.5, 0.6) is 0 Å². The molecule has 0 aromatic heterocycles. The van der Waals surface area contributed by atoms with E-state index >= 15 is 0 Å². The second-order valence-corrected chi connectivity index (χ2v) is 6.59. The van der Waals surface area contributed by atoms with Gasteiger partial charge in [0.25, 0.3) is 0 Å². The summed E-state index contributed by atoms with van der Waals surface area (Å²) in [6.45, 7) is 6.51. The van der Waals surface area contributed by atoms with Gasteiger partial charge in [-0.15, -0.1) is 0 Å². The van der Waals surface area contributed by atoms with Gasteiger partial charge in [0.2, 0.25) is 0 Å². The molecule has 0 saturated carbocycles. The second-order valence-electron chi connectivity index (χ2n) is 5.80. The molecular weight excluding hydrogens is 316 g/mol. The minimum absolute atomic E-state index is 0.110. The number of carbonyl (C=O) groups is 1. The molecule has 1 N–H and O–H groups in total. The minimum Gasteiger partial charge on any atom is -0.478 e. The lowest BCUT2D eigenvalue weighted by Crippen LogP contribution is -2.10. The lowest BCUT2D eigenvalue weighted by atomic mass is 9.86. The van der Waals surface area contributed by atoms with Crippen molar-refractivity contribution < 1.29 is 9.90 Å². The van der Waals surface area contributed by atoms with E-state index in [9.17, 15) is 4.79 Å². The average molecular weight is 333 g/mol. The molecule has 0 spiro atoms. The van der Waals surface area contributed by atoms with Crippen LogP contribution in [0.25, 0.3) is 11.1 Å². The molecule has 0 aliphatic rings. The van der Waals surface area contributed by atoms with Gasteiger partial charge in [-0.2, -0.15) is 0 Å². The predicted molar refractivity (Wildman–Crippen MR) is 85.2 cm³/mol. The summed E-state index contributed by atoms with van der Waals surface area (Å²) < 4.78 is 0.621. The highest BCUT2D eigenvalue weighted by molar-refractivity contribution is 9.10. The Bertz CT molecular complexity index is 637. The molecule has 2 rings (SSSR count). The van der Waals surface area contributed by atoms with E-state index in [4.69, 9.17) is 5.11 Å². The molecule has 2 nitrogen and oxygen atoms in total. The number of halogens is 1. The van der Waals surface area contributed by atoms with E-state index in [-0.39, 0.29) is 11.0 Å². The van der Waals surface area contributed by atoms with Crippen LogP contribution in [-0.2, 0) is 5.41 Å². The summed E-state index contributed by atoms with van der Waals surface area (Å²) in [5.41, 5.74) is 3.55. The number of carboxylic acids is 1. The maximum Gasteiger partial charge on any atom is 0.336 e. The lowest BCUT2D eigenvalue weighted by molar-refractivity contribution is 0.0696. The summed E-state index contributed by atoms with van der Waals surface area (Å²) >= 11 is 3.40. The predicted octanol–water partition coefficient (Wildman–Crippen LogP) is 5.11. The van der Waals surface area contributed by atoms with Crippen LogP contribution in [-0.4, -0.2) is 11.1 Å². The Morgan fingerprint density at radius 3 is 2.15 bits per heavy atom. The molecule has 104 valence electrons. The van der Waals surface area contributed by atoms with Gasteiger partial charge < -0.3 is 5.11 Å². The fourth-order valence-corrected chi connectivity index (χ4v) is 2.73. The fourth-order valence-electron chi connectivity index (χ4n) is 2.07. The first kappa shape index (κ1) is 14.8. The summed E-state index contributed by atoms with van der Waals surface area (Å²) in [6, 6.07) is 13.5. The number of benzene rings is 2. The normalized spacial score (nSPS) is 11.4. The Labute approximate surface area is 127 Å². The molecule has 0 radical (unpaired) electrons. The molecule has 0 aliphatic carbocycles. The van der Waals surface area contributed by atoms with Crippen LogP contribution in [0, 0.1) is 0 Å². The van der Waals surface area contributed by atoms with Crippen LogP contribution >= 0.6 is 15.9 Å². The van der Waals surface area contributed by atoms with Crippen molar-refractivity contribution in [2.45, 2.75) is 26.2 Å². The van der Waals surface area contributed by atoms with Crippen molar-refractivity contribution in [3.63, 3.8) is 0 Å². The second kappa shape index (κ2) is 5.41. The van der Waals surface area contributed by atoms with E-state index in [2.05, 4.69) is 48.8 Å². The highest BCUT2D eigenvalue weighted by Gasteiger charge is 2.15. The number of rotatable bonds is 2. The van der Waals surface area contributed by atoms with Crippen molar-refractivity contribution >= 4 is 21.9 Å². The Hall–Kier alpha value is -1.61. The highest BCUT2D eigenvalue weighted by atomic mass is 79.9. The van der Waals surface area contributed by atoms with E-state index in [0.29, 0.717) is 4.47 Å². The molecule has 0 atom stereocenters. The number of hydrogen-bond acceptors (Lipinski definition) is 1. The molecular formula is C17H17BrO2. The topological polar surface area (TPSA) is 37.3 Å². The Balaban J connectivity index is 2.48. The SMILES string of the molecule is CC(C)(C)c1ccc(-c2cccc(C(=O)O)c2Br)cc1. The Morgan fingerprint density at radius 1 is 1.05 bits per heavy atom. The number of hydrogen-bond donors (Lipinski definition) is 1. The first-order chi connectivity index (χ1) is 9.30. The van der Waals surface area contributed by atoms with E-state index in [1.807, 2.05) is 18.2 Å². The third-order valence-electron chi connectivity index (χ3n) is 3.29. The van der Waals surface area contributed by atoms with Crippen LogP contribution in [0.4, 0.5) is 0 Å². The summed E-state index contributed by atoms with van der Waals surface area (Å²) in [5.74, 6) is -0.926. The standard InChI is InChI=1S/C17H17BrO2/c1-17(2,3)12-9-7-11(8-10-12)13-5-4-6-14(15(13)18)16(19)20/h4-10H,1-3H3,(H,19,20). The smallest absolute Gasteiger partial charge is 0.336 e. The van der Waals surface area contributed by atoms with Crippen molar-refractivity contribution in [2.75, 3.05) is 0 Å². The largest absolute Gasteiger partial charge is 0.478 e. The third kappa shape index (κ3) is 2.93. The van der Waals surface area contributed by atoms with Gasteiger partial charge in [0.05, 0.1) is 5.56 Å². The van der Waals surface area contributed by atoms with Gasteiger partial charge in [-0.05, 0) is 44.1 Å². The number of carboxylic acid groups (broad SMARTS) is 1. The molecule has 0 amide bonds. The average Bonchev–Trinajstić information content (AvgIpc) is 2.38. The van der Waals surface area contributed by atoms with Gasteiger partial charge in [-0.25, -0.2) is 4.79 Å². The van der Waals surface area contributed by atoms with Crippen molar-refractivity contribution in [2.24, 2.45) is 0 Å². The fraction of sp³-hybridized carbons (Fsp3) is 0.235. The van der Waals surface area contributed by atoms with Gasteiger partial charge in [-0.1, -0.05) is 57.2 Å². The number of aromatic carboxylic acids is 1. The van der Waals surface area contributed by atoms with Crippen molar-refractivity contribution in [3.05, 3.63) is 58.1 Å². The highest BCUT2D eigenvalue weighted by Crippen LogP contribution is 2.32.